The van der Waals surface area contributed by atoms with Crippen molar-refractivity contribution in [1.29, 1.82) is 0 Å². The predicted molar refractivity (Wildman–Crippen MR) is 122 cm³/mol. The zero-order valence-corrected chi connectivity index (χ0v) is 17.7. The van der Waals surface area contributed by atoms with Gasteiger partial charge in [-0.05, 0) is 43.0 Å². The largest absolute Gasteiger partial charge is 0.493 e. The van der Waals surface area contributed by atoms with Crippen LogP contribution in [-0.2, 0) is 11.2 Å². The van der Waals surface area contributed by atoms with Crippen LogP contribution in [0.2, 0.25) is 0 Å². The SMILES string of the molecule is CCOc1ccccc1C(=O)NCC(=O)NC(CCc1ccccc1)c1ccccc1. The molecule has 3 aromatic carbocycles. The second kappa shape index (κ2) is 11.6. The van der Waals surface area contributed by atoms with E-state index in [-0.39, 0.29) is 24.4 Å². The first-order valence-corrected chi connectivity index (χ1v) is 10.6. The fourth-order valence-corrected chi connectivity index (χ4v) is 3.40. The van der Waals surface area contributed by atoms with Gasteiger partial charge in [-0.1, -0.05) is 72.8 Å². The summed E-state index contributed by atoms with van der Waals surface area (Å²) in [5.41, 5.74) is 2.68. The maximum atomic E-state index is 12.6. The molecule has 5 heteroatoms. The lowest BCUT2D eigenvalue weighted by Crippen LogP contribution is -2.39. The highest BCUT2D eigenvalue weighted by atomic mass is 16.5. The molecule has 0 saturated heterocycles. The molecule has 0 heterocycles. The van der Waals surface area contributed by atoms with E-state index in [2.05, 4.69) is 22.8 Å². The number of hydrogen-bond donors (Lipinski definition) is 2. The number of hydrogen-bond acceptors (Lipinski definition) is 3. The summed E-state index contributed by atoms with van der Waals surface area (Å²) in [5, 5.41) is 5.76. The van der Waals surface area contributed by atoms with Crippen LogP contribution in [0, 0.1) is 0 Å². The van der Waals surface area contributed by atoms with Gasteiger partial charge in [0.25, 0.3) is 5.91 Å². The highest BCUT2D eigenvalue weighted by molar-refractivity contribution is 5.98. The van der Waals surface area contributed by atoms with Crippen LogP contribution in [0.15, 0.2) is 84.9 Å². The van der Waals surface area contributed by atoms with Gasteiger partial charge in [-0.2, -0.15) is 0 Å². The van der Waals surface area contributed by atoms with Crippen molar-refractivity contribution >= 4 is 11.8 Å². The Bertz CT molecular complexity index is 974. The summed E-state index contributed by atoms with van der Waals surface area (Å²) < 4.78 is 5.50. The van der Waals surface area contributed by atoms with Crippen LogP contribution in [-0.4, -0.2) is 25.0 Å². The number of benzene rings is 3. The average molecular weight is 417 g/mol. The Morgan fingerprint density at radius 2 is 1.52 bits per heavy atom. The molecule has 3 aromatic rings. The Hall–Kier alpha value is -3.60. The van der Waals surface area contributed by atoms with E-state index in [9.17, 15) is 9.59 Å². The first-order chi connectivity index (χ1) is 15.2. The van der Waals surface area contributed by atoms with Gasteiger partial charge in [0.05, 0.1) is 24.8 Å². The summed E-state index contributed by atoms with van der Waals surface area (Å²) in [5.74, 6) is -0.0585. The van der Waals surface area contributed by atoms with Gasteiger partial charge in [0.2, 0.25) is 5.91 Å². The molecular formula is C26H28N2O3. The molecule has 0 aliphatic heterocycles. The highest BCUT2D eigenvalue weighted by Gasteiger charge is 2.17. The van der Waals surface area contributed by atoms with Crippen molar-refractivity contribution in [2.75, 3.05) is 13.2 Å². The second-order valence-electron chi connectivity index (χ2n) is 7.17. The third-order valence-electron chi connectivity index (χ3n) is 4.94. The van der Waals surface area contributed by atoms with Crippen molar-refractivity contribution in [3.63, 3.8) is 0 Å². The van der Waals surface area contributed by atoms with Crippen molar-refractivity contribution in [3.8, 4) is 5.75 Å². The van der Waals surface area contributed by atoms with Crippen molar-refractivity contribution in [2.24, 2.45) is 0 Å². The van der Waals surface area contributed by atoms with Gasteiger partial charge in [0, 0.05) is 0 Å². The van der Waals surface area contributed by atoms with E-state index in [1.54, 1.807) is 18.2 Å². The van der Waals surface area contributed by atoms with Crippen LogP contribution >= 0.6 is 0 Å². The molecule has 0 saturated carbocycles. The topological polar surface area (TPSA) is 67.4 Å². The molecule has 0 fully saturated rings. The Balaban J connectivity index is 1.60. The van der Waals surface area contributed by atoms with Gasteiger partial charge in [-0.25, -0.2) is 0 Å². The molecule has 5 nitrogen and oxygen atoms in total. The highest BCUT2D eigenvalue weighted by Crippen LogP contribution is 2.20. The summed E-state index contributed by atoms with van der Waals surface area (Å²) in [6.45, 7) is 2.22. The zero-order valence-electron chi connectivity index (χ0n) is 17.7. The summed E-state index contributed by atoms with van der Waals surface area (Å²) in [6, 6.07) is 27.0. The van der Waals surface area contributed by atoms with E-state index >= 15 is 0 Å². The molecule has 1 unspecified atom stereocenters. The molecule has 0 bridgehead atoms. The standard InChI is InChI=1S/C26H28N2O3/c1-2-31-24-16-10-9-15-22(24)26(30)27-19-25(29)28-23(21-13-7-4-8-14-21)18-17-20-11-5-3-6-12-20/h3-16,23H,2,17-19H2,1H3,(H,27,30)(H,28,29). The molecule has 3 rings (SSSR count). The Kier molecular flexibility index (Phi) is 8.23. The number of carbonyl (C=O) groups is 2. The lowest BCUT2D eigenvalue weighted by atomic mass is 9.99. The van der Waals surface area contributed by atoms with Crippen LogP contribution in [0.5, 0.6) is 5.75 Å². The predicted octanol–water partition coefficient (Wildman–Crippen LogP) is 4.31. The van der Waals surface area contributed by atoms with Crippen molar-refractivity contribution in [2.45, 2.75) is 25.8 Å². The number of ether oxygens (including phenoxy) is 1. The quantitative estimate of drug-likeness (QED) is 0.518. The zero-order chi connectivity index (χ0) is 21.9. The van der Waals surface area contributed by atoms with E-state index in [1.807, 2.05) is 61.5 Å². The van der Waals surface area contributed by atoms with Gasteiger partial charge in [0.15, 0.2) is 0 Å². The normalized spacial score (nSPS) is 11.4. The number of nitrogens with one attached hydrogen (secondary N) is 2. The van der Waals surface area contributed by atoms with Gasteiger partial charge >= 0.3 is 0 Å². The van der Waals surface area contributed by atoms with E-state index in [0.717, 1.165) is 18.4 Å². The fraction of sp³-hybridized carbons (Fsp3) is 0.231. The first-order valence-electron chi connectivity index (χ1n) is 10.6. The van der Waals surface area contributed by atoms with Gasteiger partial charge in [-0.15, -0.1) is 0 Å². The number of aryl methyl sites for hydroxylation is 1. The van der Waals surface area contributed by atoms with Gasteiger partial charge in [0.1, 0.15) is 5.75 Å². The number of rotatable bonds is 10. The van der Waals surface area contributed by atoms with Crippen LogP contribution in [0.4, 0.5) is 0 Å². The van der Waals surface area contributed by atoms with E-state index in [4.69, 9.17) is 4.74 Å². The molecule has 31 heavy (non-hydrogen) atoms. The number of carbonyl (C=O) groups excluding carboxylic acids is 2. The summed E-state index contributed by atoms with van der Waals surface area (Å²) in [4.78, 5) is 25.2. The monoisotopic (exact) mass is 416 g/mol. The smallest absolute Gasteiger partial charge is 0.255 e. The molecular weight excluding hydrogens is 388 g/mol. The fourth-order valence-electron chi connectivity index (χ4n) is 3.40. The molecule has 0 aliphatic carbocycles. The first kappa shape index (κ1) is 22.1. The molecule has 2 N–H and O–H groups in total. The molecule has 2 amide bonds. The second-order valence-corrected chi connectivity index (χ2v) is 7.17. The van der Waals surface area contributed by atoms with Gasteiger partial charge < -0.3 is 15.4 Å². The lowest BCUT2D eigenvalue weighted by molar-refractivity contribution is -0.120. The molecule has 0 spiro atoms. The lowest BCUT2D eigenvalue weighted by Gasteiger charge is -2.20. The van der Waals surface area contributed by atoms with Crippen LogP contribution < -0.4 is 15.4 Å². The minimum absolute atomic E-state index is 0.103. The van der Waals surface area contributed by atoms with Crippen LogP contribution in [0.3, 0.4) is 0 Å². The summed E-state index contributed by atoms with van der Waals surface area (Å²) >= 11 is 0. The summed E-state index contributed by atoms with van der Waals surface area (Å²) in [7, 11) is 0. The Labute approximate surface area is 183 Å². The molecule has 1 atom stereocenters. The minimum atomic E-state index is -0.334. The Morgan fingerprint density at radius 1 is 0.871 bits per heavy atom. The number of para-hydroxylation sites is 1. The Morgan fingerprint density at radius 3 is 2.23 bits per heavy atom. The third kappa shape index (κ3) is 6.71. The van der Waals surface area contributed by atoms with Crippen LogP contribution in [0.1, 0.15) is 40.9 Å². The maximum Gasteiger partial charge on any atom is 0.255 e. The molecule has 0 aromatic heterocycles. The van der Waals surface area contributed by atoms with Crippen molar-refractivity contribution in [3.05, 3.63) is 102 Å². The van der Waals surface area contributed by atoms with E-state index < -0.39 is 0 Å². The minimum Gasteiger partial charge on any atom is -0.493 e. The molecule has 0 radical (unpaired) electrons. The third-order valence-corrected chi connectivity index (χ3v) is 4.94. The summed E-state index contributed by atoms with van der Waals surface area (Å²) in [6.07, 6.45) is 1.61. The van der Waals surface area contributed by atoms with Crippen molar-refractivity contribution < 1.29 is 14.3 Å². The number of amides is 2. The van der Waals surface area contributed by atoms with E-state index in [1.165, 1.54) is 5.56 Å². The molecule has 0 aliphatic rings. The van der Waals surface area contributed by atoms with Gasteiger partial charge in [-0.3, -0.25) is 9.59 Å². The average Bonchev–Trinajstić information content (AvgIpc) is 2.82. The van der Waals surface area contributed by atoms with Crippen LogP contribution in [0.25, 0.3) is 0 Å². The maximum absolute atomic E-state index is 12.6. The molecule has 160 valence electrons. The van der Waals surface area contributed by atoms with E-state index in [0.29, 0.717) is 17.9 Å². The van der Waals surface area contributed by atoms with Crippen molar-refractivity contribution in [1.82, 2.24) is 10.6 Å².